The summed E-state index contributed by atoms with van der Waals surface area (Å²) in [4.78, 5) is 0. The Morgan fingerprint density at radius 3 is 3.00 bits per heavy atom. The van der Waals surface area contributed by atoms with Crippen LogP contribution in [0.5, 0.6) is 0 Å². The van der Waals surface area contributed by atoms with Gasteiger partial charge < -0.3 is 10.1 Å². The van der Waals surface area contributed by atoms with Gasteiger partial charge in [0.1, 0.15) is 5.82 Å². The van der Waals surface area contributed by atoms with E-state index < -0.39 is 0 Å². The summed E-state index contributed by atoms with van der Waals surface area (Å²) in [7, 11) is 0. The smallest absolute Gasteiger partial charge is 0.129 e. The molecule has 0 saturated carbocycles. The van der Waals surface area contributed by atoms with Crippen LogP contribution in [0.2, 0.25) is 5.02 Å². The second kappa shape index (κ2) is 6.50. The van der Waals surface area contributed by atoms with Crippen LogP contribution in [0.3, 0.4) is 0 Å². The lowest BCUT2D eigenvalue weighted by Crippen LogP contribution is -2.30. The summed E-state index contributed by atoms with van der Waals surface area (Å²) in [6.45, 7) is 4.37. The molecule has 1 aliphatic heterocycles. The van der Waals surface area contributed by atoms with Crippen molar-refractivity contribution in [2.75, 3.05) is 19.8 Å². The van der Waals surface area contributed by atoms with Gasteiger partial charge in [0, 0.05) is 29.2 Å². The maximum absolute atomic E-state index is 14.0. The van der Waals surface area contributed by atoms with E-state index in [0.29, 0.717) is 23.1 Å². The lowest BCUT2D eigenvalue weighted by atomic mass is 9.91. The molecule has 1 N–H and O–H groups in total. The molecular formula is C14H19ClFNO. The minimum absolute atomic E-state index is 0.0545. The number of hydrogen-bond donors (Lipinski definition) is 1. The van der Waals surface area contributed by atoms with Crippen LogP contribution < -0.4 is 5.32 Å². The zero-order chi connectivity index (χ0) is 13.0. The molecule has 1 saturated heterocycles. The number of hydrogen-bond acceptors (Lipinski definition) is 2. The molecule has 2 nitrogen and oxygen atoms in total. The van der Waals surface area contributed by atoms with Crippen molar-refractivity contribution in [3.05, 3.63) is 34.6 Å². The minimum atomic E-state index is -0.233. The van der Waals surface area contributed by atoms with E-state index >= 15 is 0 Å². The fourth-order valence-electron chi connectivity index (χ4n) is 2.43. The first kappa shape index (κ1) is 13.8. The third-order valence-electron chi connectivity index (χ3n) is 3.36. The highest BCUT2D eigenvalue weighted by molar-refractivity contribution is 6.31. The number of benzene rings is 1. The summed E-state index contributed by atoms with van der Waals surface area (Å²) in [5, 5.41) is 3.90. The topological polar surface area (TPSA) is 21.3 Å². The second-order valence-corrected chi connectivity index (χ2v) is 5.10. The van der Waals surface area contributed by atoms with Gasteiger partial charge in [-0.2, -0.15) is 0 Å². The van der Waals surface area contributed by atoms with Crippen molar-refractivity contribution >= 4 is 11.6 Å². The van der Waals surface area contributed by atoms with Gasteiger partial charge in [-0.3, -0.25) is 0 Å². The first-order valence-electron chi connectivity index (χ1n) is 6.49. The molecule has 1 heterocycles. The second-order valence-electron chi connectivity index (χ2n) is 4.69. The Bertz CT molecular complexity index is 373. The Balaban J connectivity index is 2.26. The van der Waals surface area contributed by atoms with Crippen LogP contribution in [-0.4, -0.2) is 19.8 Å². The average Bonchev–Trinajstić information content (AvgIpc) is 2.86. The van der Waals surface area contributed by atoms with Gasteiger partial charge in [-0.15, -0.1) is 0 Å². The van der Waals surface area contributed by atoms with Crippen molar-refractivity contribution in [2.45, 2.75) is 25.8 Å². The van der Waals surface area contributed by atoms with E-state index in [9.17, 15) is 4.39 Å². The first-order chi connectivity index (χ1) is 8.74. The van der Waals surface area contributed by atoms with Crippen molar-refractivity contribution in [3.8, 4) is 0 Å². The maximum atomic E-state index is 14.0. The quantitative estimate of drug-likeness (QED) is 0.884. The summed E-state index contributed by atoms with van der Waals surface area (Å²) >= 11 is 6.16. The Hall–Kier alpha value is -0.640. The molecule has 2 rings (SSSR count). The molecule has 1 fully saturated rings. The summed E-state index contributed by atoms with van der Waals surface area (Å²) < 4.78 is 19.4. The fourth-order valence-corrected chi connectivity index (χ4v) is 2.71. The average molecular weight is 272 g/mol. The molecule has 2 unspecified atom stereocenters. The zero-order valence-electron chi connectivity index (χ0n) is 10.6. The monoisotopic (exact) mass is 271 g/mol. The molecule has 100 valence electrons. The van der Waals surface area contributed by atoms with Crippen molar-refractivity contribution in [2.24, 2.45) is 5.92 Å². The van der Waals surface area contributed by atoms with Crippen LogP contribution in [0.15, 0.2) is 18.2 Å². The Morgan fingerprint density at radius 2 is 2.39 bits per heavy atom. The maximum Gasteiger partial charge on any atom is 0.129 e. The Kier molecular flexibility index (Phi) is 4.98. The number of nitrogens with one attached hydrogen (secondary N) is 1. The van der Waals surface area contributed by atoms with Crippen LogP contribution in [0.1, 0.15) is 31.4 Å². The van der Waals surface area contributed by atoms with Gasteiger partial charge in [0.15, 0.2) is 0 Å². The Labute approximate surface area is 112 Å². The van der Waals surface area contributed by atoms with Crippen LogP contribution in [-0.2, 0) is 4.74 Å². The van der Waals surface area contributed by atoms with Crippen LogP contribution in [0, 0.1) is 11.7 Å². The highest BCUT2D eigenvalue weighted by Crippen LogP contribution is 2.34. The molecule has 0 spiro atoms. The summed E-state index contributed by atoms with van der Waals surface area (Å²) in [5.41, 5.74) is 0.586. The predicted molar refractivity (Wildman–Crippen MR) is 71.4 cm³/mol. The molecule has 4 heteroatoms. The van der Waals surface area contributed by atoms with Gasteiger partial charge in [0.2, 0.25) is 0 Å². The summed E-state index contributed by atoms with van der Waals surface area (Å²) in [5.74, 6) is 0.0638. The SMILES string of the molecule is CCCNC(c1c(F)cccc1Cl)C1CCOC1. The van der Waals surface area contributed by atoms with Gasteiger partial charge in [0.25, 0.3) is 0 Å². The lowest BCUT2D eigenvalue weighted by Gasteiger charge is -2.25. The van der Waals surface area contributed by atoms with Gasteiger partial charge in [-0.05, 0) is 31.5 Å². The summed E-state index contributed by atoms with van der Waals surface area (Å²) in [6.07, 6.45) is 1.96. The van der Waals surface area contributed by atoms with Crippen molar-refractivity contribution in [3.63, 3.8) is 0 Å². The van der Waals surface area contributed by atoms with Gasteiger partial charge in [-0.1, -0.05) is 24.6 Å². The molecule has 1 aromatic carbocycles. The summed E-state index contributed by atoms with van der Waals surface area (Å²) in [6, 6.07) is 4.80. The van der Waals surface area contributed by atoms with E-state index in [4.69, 9.17) is 16.3 Å². The number of rotatable bonds is 5. The lowest BCUT2D eigenvalue weighted by molar-refractivity contribution is 0.176. The zero-order valence-corrected chi connectivity index (χ0v) is 11.3. The van der Waals surface area contributed by atoms with Gasteiger partial charge >= 0.3 is 0 Å². The molecule has 1 aliphatic rings. The van der Waals surface area contributed by atoms with Gasteiger partial charge in [0.05, 0.1) is 6.61 Å². The van der Waals surface area contributed by atoms with Crippen LogP contribution in [0.4, 0.5) is 4.39 Å². The normalized spacial score (nSPS) is 21.2. The van der Waals surface area contributed by atoms with Gasteiger partial charge in [-0.25, -0.2) is 4.39 Å². The Morgan fingerprint density at radius 1 is 1.56 bits per heavy atom. The fraction of sp³-hybridized carbons (Fsp3) is 0.571. The van der Waals surface area contributed by atoms with E-state index in [0.717, 1.165) is 26.0 Å². The highest BCUT2D eigenvalue weighted by atomic mass is 35.5. The van der Waals surface area contributed by atoms with Crippen molar-refractivity contribution in [1.29, 1.82) is 0 Å². The molecular weight excluding hydrogens is 253 g/mol. The molecule has 0 aromatic heterocycles. The highest BCUT2D eigenvalue weighted by Gasteiger charge is 2.29. The first-order valence-corrected chi connectivity index (χ1v) is 6.87. The van der Waals surface area contributed by atoms with Crippen LogP contribution >= 0.6 is 11.6 Å². The predicted octanol–water partition coefficient (Wildman–Crippen LogP) is 3.56. The molecule has 0 aliphatic carbocycles. The minimum Gasteiger partial charge on any atom is -0.381 e. The molecule has 0 amide bonds. The van der Waals surface area contributed by atoms with Crippen molar-refractivity contribution in [1.82, 2.24) is 5.32 Å². The largest absolute Gasteiger partial charge is 0.381 e. The molecule has 18 heavy (non-hydrogen) atoms. The molecule has 1 aromatic rings. The van der Waals surface area contributed by atoms with E-state index in [1.807, 2.05) is 0 Å². The van der Waals surface area contributed by atoms with E-state index in [1.54, 1.807) is 12.1 Å². The van der Waals surface area contributed by atoms with E-state index in [1.165, 1.54) is 6.07 Å². The molecule has 0 bridgehead atoms. The van der Waals surface area contributed by atoms with E-state index in [2.05, 4.69) is 12.2 Å². The third-order valence-corrected chi connectivity index (χ3v) is 3.69. The van der Waals surface area contributed by atoms with E-state index in [-0.39, 0.29) is 11.9 Å². The third kappa shape index (κ3) is 3.02. The molecule has 2 atom stereocenters. The standard InChI is InChI=1S/C14H19ClFNO/c1-2-7-17-14(10-6-8-18-9-10)13-11(15)4-3-5-12(13)16/h3-5,10,14,17H,2,6-9H2,1H3. The number of ether oxygens (including phenoxy) is 1. The van der Waals surface area contributed by atoms with Crippen molar-refractivity contribution < 1.29 is 9.13 Å². The number of halogens is 2. The van der Waals surface area contributed by atoms with Crippen LogP contribution in [0.25, 0.3) is 0 Å². The molecule has 0 radical (unpaired) electrons.